The number of anilines is 1. The second-order valence-corrected chi connectivity index (χ2v) is 21.8. The van der Waals surface area contributed by atoms with Gasteiger partial charge < -0.3 is 9.09 Å². The molecule has 0 saturated heterocycles. The number of fused-ring (bicyclic) bond motifs is 1. The van der Waals surface area contributed by atoms with Crippen molar-refractivity contribution in [2.75, 3.05) is 4.57 Å². The Morgan fingerprint density at radius 1 is 0.968 bits per heavy atom. The predicted molar refractivity (Wildman–Crippen MR) is 139 cm³/mol. The largest absolute Gasteiger partial charge is 0.454 e. The summed E-state index contributed by atoms with van der Waals surface area (Å²) in [6, 6.07) is 6.52. The predicted octanol–water partition coefficient (Wildman–Crippen LogP) is 7.50. The average Bonchev–Trinajstić information content (AvgIpc) is 2.89. The summed E-state index contributed by atoms with van der Waals surface area (Å²) in [6.45, 7) is 24.4. The quantitative estimate of drug-likeness (QED) is 0.240. The first kappa shape index (κ1) is 25.9. The summed E-state index contributed by atoms with van der Waals surface area (Å²) >= 11 is 0. The summed E-state index contributed by atoms with van der Waals surface area (Å²) < 4.78 is 8.26. The maximum Gasteiger partial charge on any atom is 0.286 e. The summed E-state index contributed by atoms with van der Waals surface area (Å²) in [5.74, 6) is 0.00556. The zero-order chi connectivity index (χ0) is 23.8. The van der Waals surface area contributed by atoms with E-state index in [1.165, 1.54) is 24.8 Å². The number of carbonyl (C=O) groups is 1. The highest BCUT2D eigenvalue weighted by Gasteiger charge is 2.50. The van der Waals surface area contributed by atoms with E-state index in [1.54, 1.807) is 0 Å². The van der Waals surface area contributed by atoms with Gasteiger partial charge in [-0.15, -0.1) is 0 Å². The third kappa shape index (κ3) is 5.16. The third-order valence-corrected chi connectivity index (χ3v) is 17.0. The second kappa shape index (κ2) is 8.85. The molecule has 0 bridgehead atoms. The van der Waals surface area contributed by atoms with Crippen LogP contribution in [0.4, 0.5) is 5.69 Å². The molecule has 0 unspecified atom stereocenters. The molecule has 2 rings (SSSR count). The van der Waals surface area contributed by atoms with Gasteiger partial charge in [0.05, 0.1) is 0 Å². The lowest BCUT2D eigenvalue weighted by molar-refractivity contribution is -0.111. The molecule has 0 spiro atoms. The number of oxime groups is 1. The smallest absolute Gasteiger partial charge is 0.286 e. The maximum absolute atomic E-state index is 13.8. The number of hydrogen-bond donors (Lipinski definition) is 0. The molecule has 0 fully saturated rings. The lowest BCUT2D eigenvalue weighted by Crippen LogP contribution is -2.57. The van der Waals surface area contributed by atoms with Gasteiger partial charge in [-0.25, -0.2) is 0 Å². The van der Waals surface area contributed by atoms with Crippen molar-refractivity contribution in [3.63, 3.8) is 0 Å². The van der Waals surface area contributed by atoms with Crippen molar-refractivity contribution in [2.24, 2.45) is 5.16 Å². The standard InChI is InChI=1S/C25H44N2O2Si2/c1-12-13-14-15-19-16-17-21-20(18-19)22(26-29-31(10,11)25(5,6)7)23(28)27(21)30(8,9)24(2,3)4/h16-18H,12-15H2,1-11H3/b26-22+. The van der Waals surface area contributed by atoms with Crippen LogP contribution >= 0.6 is 0 Å². The van der Waals surface area contributed by atoms with Crippen molar-refractivity contribution >= 4 is 33.9 Å². The van der Waals surface area contributed by atoms with Gasteiger partial charge in [0, 0.05) is 11.3 Å². The molecule has 1 aliphatic rings. The van der Waals surface area contributed by atoms with Crippen molar-refractivity contribution in [3.8, 4) is 0 Å². The van der Waals surface area contributed by atoms with Crippen LogP contribution in [0.1, 0.15) is 78.9 Å². The zero-order valence-electron chi connectivity index (χ0n) is 21.8. The molecule has 0 saturated carbocycles. The topological polar surface area (TPSA) is 41.9 Å². The van der Waals surface area contributed by atoms with Crippen LogP contribution in [-0.2, 0) is 15.7 Å². The Bertz CT molecular complexity index is 846. The van der Waals surface area contributed by atoms with Crippen LogP contribution in [0.2, 0.25) is 36.3 Å². The molecule has 1 aromatic rings. The fraction of sp³-hybridized carbons (Fsp3) is 0.680. The molecule has 31 heavy (non-hydrogen) atoms. The number of benzene rings is 1. The molecule has 1 aromatic carbocycles. The lowest BCUT2D eigenvalue weighted by atomic mass is 10.0. The van der Waals surface area contributed by atoms with Gasteiger partial charge in [0.1, 0.15) is 0 Å². The Balaban J connectivity index is 2.56. The molecule has 0 atom stereocenters. The van der Waals surface area contributed by atoms with E-state index in [2.05, 4.69) is 103 Å². The SMILES string of the molecule is CCCCCc1ccc2c(c1)/C(=N\O[Si](C)(C)C(C)(C)C)C(=O)N2[Si](C)(C)C(C)(C)C. The van der Waals surface area contributed by atoms with Crippen LogP contribution in [0.25, 0.3) is 0 Å². The van der Waals surface area contributed by atoms with Gasteiger partial charge in [0.15, 0.2) is 13.9 Å². The van der Waals surface area contributed by atoms with Crippen LogP contribution in [0, 0.1) is 0 Å². The van der Waals surface area contributed by atoms with Gasteiger partial charge in [0.2, 0.25) is 0 Å². The van der Waals surface area contributed by atoms with Gasteiger partial charge in [-0.2, -0.15) is 0 Å². The minimum absolute atomic E-state index is 0.00556. The Kier molecular flexibility index (Phi) is 7.38. The molecule has 0 aliphatic carbocycles. The second-order valence-electron chi connectivity index (χ2n) is 12.0. The Labute approximate surface area is 192 Å². The third-order valence-electron chi connectivity index (χ3n) is 7.60. The number of nitrogens with zero attached hydrogens (tertiary/aromatic N) is 2. The molecule has 0 aromatic heterocycles. The van der Waals surface area contributed by atoms with Crippen LogP contribution in [0.15, 0.2) is 23.4 Å². The average molecular weight is 461 g/mol. The molecule has 0 N–H and O–H groups in total. The number of rotatable bonds is 7. The van der Waals surface area contributed by atoms with Gasteiger partial charge in [0.25, 0.3) is 14.2 Å². The highest BCUT2D eigenvalue weighted by Crippen LogP contribution is 2.45. The first-order chi connectivity index (χ1) is 14.0. The highest BCUT2D eigenvalue weighted by molar-refractivity contribution is 6.90. The fourth-order valence-corrected chi connectivity index (χ4v) is 5.98. The minimum Gasteiger partial charge on any atom is -0.454 e. The van der Waals surface area contributed by atoms with Crippen LogP contribution < -0.4 is 4.57 Å². The summed E-state index contributed by atoms with van der Waals surface area (Å²) in [7, 11) is -4.24. The van der Waals surface area contributed by atoms with Gasteiger partial charge >= 0.3 is 0 Å². The Morgan fingerprint density at radius 2 is 1.58 bits per heavy atom. The zero-order valence-corrected chi connectivity index (χ0v) is 23.8. The van der Waals surface area contributed by atoms with E-state index in [1.807, 2.05) is 0 Å². The molecule has 1 heterocycles. The van der Waals surface area contributed by atoms with E-state index in [4.69, 9.17) is 4.53 Å². The van der Waals surface area contributed by atoms with E-state index >= 15 is 0 Å². The number of amides is 1. The van der Waals surface area contributed by atoms with E-state index in [-0.39, 0.29) is 16.0 Å². The molecule has 1 amide bonds. The summed E-state index contributed by atoms with van der Waals surface area (Å²) in [4.78, 5) is 13.8. The van der Waals surface area contributed by atoms with Crippen LogP contribution in [0.3, 0.4) is 0 Å². The number of unbranched alkanes of at least 4 members (excludes halogenated alkanes) is 2. The van der Waals surface area contributed by atoms with E-state index in [0.717, 1.165) is 17.7 Å². The van der Waals surface area contributed by atoms with Gasteiger partial charge in [-0.05, 0) is 53.7 Å². The summed E-state index contributed by atoms with van der Waals surface area (Å²) in [5.41, 5.74) is 3.72. The summed E-state index contributed by atoms with van der Waals surface area (Å²) in [6.07, 6.45) is 4.63. The molecular weight excluding hydrogens is 416 g/mol. The van der Waals surface area contributed by atoms with Crippen molar-refractivity contribution in [1.82, 2.24) is 0 Å². The first-order valence-electron chi connectivity index (χ1n) is 11.8. The Morgan fingerprint density at radius 3 is 2.10 bits per heavy atom. The molecule has 0 radical (unpaired) electrons. The van der Waals surface area contributed by atoms with Crippen molar-refractivity contribution in [2.45, 2.75) is 110 Å². The van der Waals surface area contributed by atoms with E-state index in [0.29, 0.717) is 5.71 Å². The minimum atomic E-state index is -2.13. The normalized spacial score (nSPS) is 16.8. The van der Waals surface area contributed by atoms with Crippen LogP contribution in [0.5, 0.6) is 0 Å². The lowest BCUT2D eigenvalue weighted by Gasteiger charge is -2.43. The number of aryl methyl sites for hydroxylation is 1. The summed E-state index contributed by atoms with van der Waals surface area (Å²) in [5, 5.41) is 4.64. The van der Waals surface area contributed by atoms with Crippen molar-refractivity contribution in [1.29, 1.82) is 0 Å². The molecule has 174 valence electrons. The first-order valence-corrected chi connectivity index (χ1v) is 17.6. The maximum atomic E-state index is 13.8. The molecular formula is C25H44N2O2Si2. The highest BCUT2D eigenvalue weighted by atomic mass is 28.4. The fourth-order valence-electron chi connectivity index (χ4n) is 3.31. The number of hydrogen-bond acceptors (Lipinski definition) is 3. The van der Waals surface area contributed by atoms with Crippen molar-refractivity contribution in [3.05, 3.63) is 29.3 Å². The molecule has 6 heteroatoms. The van der Waals surface area contributed by atoms with Crippen LogP contribution in [-0.4, -0.2) is 28.2 Å². The van der Waals surface area contributed by atoms with E-state index in [9.17, 15) is 4.79 Å². The molecule has 1 aliphatic heterocycles. The monoisotopic (exact) mass is 460 g/mol. The van der Waals surface area contributed by atoms with Gasteiger partial charge in [-0.3, -0.25) is 4.79 Å². The van der Waals surface area contributed by atoms with Crippen molar-refractivity contribution < 1.29 is 9.32 Å². The molecule has 4 nitrogen and oxygen atoms in total. The Hall–Kier alpha value is -1.41. The van der Waals surface area contributed by atoms with Gasteiger partial charge in [-0.1, -0.05) is 85.6 Å². The number of carbonyl (C=O) groups excluding carboxylic acids is 1. The van der Waals surface area contributed by atoms with E-state index < -0.39 is 16.6 Å².